The molecule has 1 aromatic carbocycles. The number of aromatic nitrogens is 4. The van der Waals surface area contributed by atoms with Gasteiger partial charge in [-0.1, -0.05) is 17.8 Å². The molecule has 0 saturated carbocycles. The molecule has 0 atom stereocenters. The van der Waals surface area contributed by atoms with Crippen LogP contribution in [0.1, 0.15) is 0 Å². The fourth-order valence-corrected chi connectivity index (χ4v) is 2.16. The van der Waals surface area contributed by atoms with Crippen LogP contribution in [0.2, 0.25) is 0 Å². The Bertz CT molecular complexity index is 590. The molecule has 0 aliphatic heterocycles. The molecule has 7 nitrogen and oxygen atoms in total. The Morgan fingerprint density at radius 3 is 3.10 bits per heavy atom. The summed E-state index contributed by atoms with van der Waals surface area (Å²) in [6.07, 6.45) is 0. The van der Waals surface area contributed by atoms with E-state index in [4.69, 9.17) is 5.73 Å². The van der Waals surface area contributed by atoms with Gasteiger partial charge in [-0.25, -0.2) is 9.07 Å². The number of hydrogen-bond acceptors (Lipinski definition) is 6. The third kappa shape index (κ3) is 4.00. The van der Waals surface area contributed by atoms with Crippen LogP contribution in [-0.4, -0.2) is 38.4 Å². The molecule has 2 rings (SSSR count). The number of carbonyl (C=O) groups is 1. The molecule has 0 saturated heterocycles. The fourth-order valence-electron chi connectivity index (χ4n) is 1.46. The first-order chi connectivity index (χ1) is 9.69. The SMILES string of the molecule is NCCn1nnnc1SCC(=O)Nc1cccc(F)c1. The highest BCUT2D eigenvalue weighted by Gasteiger charge is 2.09. The van der Waals surface area contributed by atoms with Gasteiger partial charge in [0, 0.05) is 12.2 Å². The van der Waals surface area contributed by atoms with Crippen LogP contribution in [0.5, 0.6) is 0 Å². The van der Waals surface area contributed by atoms with Crippen LogP contribution in [0.25, 0.3) is 0 Å². The summed E-state index contributed by atoms with van der Waals surface area (Å²) in [6.45, 7) is 0.898. The minimum absolute atomic E-state index is 0.126. The Morgan fingerprint density at radius 2 is 2.35 bits per heavy atom. The van der Waals surface area contributed by atoms with Crippen molar-refractivity contribution in [2.75, 3.05) is 17.6 Å². The first-order valence-electron chi connectivity index (χ1n) is 5.83. The molecule has 3 N–H and O–H groups in total. The van der Waals surface area contributed by atoms with Crippen molar-refractivity contribution in [1.82, 2.24) is 20.2 Å². The largest absolute Gasteiger partial charge is 0.329 e. The topological polar surface area (TPSA) is 98.7 Å². The van der Waals surface area contributed by atoms with E-state index in [1.807, 2.05) is 0 Å². The Balaban J connectivity index is 1.87. The summed E-state index contributed by atoms with van der Waals surface area (Å²) in [5.41, 5.74) is 5.83. The van der Waals surface area contributed by atoms with E-state index in [9.17, 15) is 9.18 Å². The zero-order valence-electron chi connectivity index (χ0n) is 10.5. The first kappa shape index (κ1) is 14.4. The van der Waals surface area contributed by atoms with E-state index in [2.05, 4.69) is 20.8 Å². The summed E-state index contributed by atoms with van der Waals surface area (Å²) in [7, 11) is 0. The maximum absolute atomic E-state index is 13.0. The summed E-state index contributed by atoms with van der Waals surface area (Å²) in [5, 5.41) is 14.2. The molecule has 1 heterocycles. The van der Waals surface area contributed by atoms with E-state index in [1.165, 1.54) is 34.6 Å². The third-order valence-corrected chi connectivity index (χ3v) is 3.24. The smallest absolute Gasteiger partial charge is 0.234 e. The number of carbonyl (C=O) groups excluding carboxylic acids is 1. The van der Waals surface area contributed by atoms with Crippen molar-refractivity contribution in [3.8, 4) is 0 Å². The third-order valence-electron chi connectivity index (χ3n) is 2.28. The van der Waals surface area contributed by atoms with E-state index >= 15 is 0 Å². The predicted octanol–water partition coefficient (Wildman–Crippen LogP) is 0.502. The van der Waals surface area contributed by atoms with Gasteiger partial charge in [-0.3, -0.25) is 4.79 Å². The van der Waals surface area contributed by atoms with Crippen LogP contribution in [0, 0.1) is 5.82 Å². The molecule has 9 heteroatoms. The fraction of sp³-hybridized carbons (Fsp3) is 0.273. The van der Waals surface area contributed by atoms with Crippen molar-refractivity contribution in [3.05, 3.63) is 30.1 Å². The lowest BCUT2D eigenvalue weighted by atomic mass is 10.3. The number of rotatable bonds is 6. The molecule has 106 valence electrons. The lowest BCUT2D eigenvalue weighted by molar-refractivity contribution is -0.113. The second-order valence-electron chi connectivity index (χ2n) is 3.82. The predicted molar refractivity (Wildman–Crippen MR) is 72.6 cm³/mol. The van der Waals surface area contributed by atoms with Crippen LogP contribution in [-0.2, 0) is 11.3 Å². The Kier molecular flexibility index (Phi) is 5.02. The van der Waals surface area contributed by atoms with E-state index in [0.717, 1.165) is 0 Å². The van der Waals surface area contributed by atoms with Gasteiger partial charge in [0.2, 0.25) is 11.1 Å². The molecule has 0 bridgehead atoms. The van der Waals surface area contributed by atoms with Gasteiger partial charge in [0.25, 0.3) is 0 Å². The monoisotopic (exact) mass is 296 g/mol. The van der Waals surface area contributed by atoms with Crippen LogP contribution < -0.4 is 11.1 Å². The average molecular weight is 296 g/mol. The highest BCUT2D eigenvalue weighted by molar-refractivity contribution is 7.99. The van der Waals surface area contributed by atoms with Crippen LogP contribution in [0.3, 0.4) is 0 Å². The maximum Gasteiger partial charge on any atom is 0.234 e. The van der Waals surface area contributed by atoms with Crippen molar-refractivity contribution >= 4 is 23.4 Å². The van der Waals surface area contributed by atoms with Gasteiger partial charge in [-0.2, -0.15) is 0 Å². The number of nitrogens with one attached hydrogen (secondary N) is 1. The number of thioether (sulfide) groups is 1. The summed E-state index contributed by atoms with van der Waals surface area (Å²) >= 11 is 1.19. The Morgan fingerprint density at radius 1 is 1.50 bits per heavy atom. The highest BCUT2D eigenvalue weighted by atomic mass is 32.2. The molecular formula is C11H13FN6OS. The summed E-state index contributed by atoms with van der Waals surface area (Å²) in [6, 6.07) is 5.70. The number of hydrogen-bond donors (Lipinski definition) is 2. The summed E-state index contributed by atoms with van der Waals surface area (Å²) in [5.74, 6) is -0.535. The quantitative estimate of drug-likeness (QED) is 0.753. The molecule has 1 amide bonds. The van der Waals surface area contributed by atoms with Crippen molar-refractivity contribution in [1.29, 1.82) is 0 Å². The lowest BCUT2D eigenvalue weighted by Crippen LogP contribution is -2.16. The zero-order valence-corrected chi connectivity index (χ0v) is 11.3. The number of nitrogens with zero attached hydrogens (tertiary/aromatic N) is 4. The van der Waals surface area contributed by atoms with Crippen LogP contribution >= 0.6 is 11.8 Å². The molecule has 0 aliphatic carbocycles. The van der Waals surface area contributed by atoms with E-state index in [-0.39, 0.29) is 11.7 Å². The van der Waals surface area contributed by atoms with E-state index in [1.54, 1.807) is 6.07 Å². The molecular weight excluding hydrogens is 283 g/mol. The first-order valence-corrected chi connectivity index (χ1v) is 6.82. The average Bonchev–Trinajstić information content (AvgIpc) is 2.84. The Hall–Kier alpha value is -2.00. The molecule has 20 heavy (non-hydrogen) atoms. The van der Waals surface area contributed by atoms with Gasteiger partial charge in [0.05, 0.1) is 12.3 Å². The molecule has 1 aromatic heterocycles. The number of anilines is 1. The van der Waals surface area contributed by atoms with Gasteiger partial charge in [0.1, 0.15) is 5.82 Å². The van der Waals surface area contributed by atoms with Crippen molar-refractivity contribution in [3.63, 3.8) is 0 Å². The Labute approximate surface area is 118 Å². The van der Waals surface area contributed by atoms with Crippen molar-refractivity contribution < 1.29 is 9.18 Å². The molecule has 2 aromatic rings. The van der Waals surface area contributed by atoms with E-state index in [0.29, 0.717) is 23.9 Å². The van der Waals surface area contributed by atoms with Gasteiger partial charge >= 0.3 is 0 Å². The number of nitrogens with two attached hydrogens (primary N) is 1. The maximum atomic E-state index is 13.0. The van der Waals surface area contributed by atoms with Crippen LogP contribution in [0.4, 0.5) is 10.1 Å². The standard InChI is InChI=1S/C11H13FN6OS/c12-8-2-1-3-9(6-8)14-10(19)7-20-11-15-16-17-18(11)5-4-13/h1-3,6H,4-5,7,13H2,(H,14,19). The normalized spacial score (nSPS) is 10.5. The lowest BCUT2D eigenvalue weighted by Gasteiger charge is -2.05. The molecule has 0 unspecified atom stereocenters. The van der Waals surface area contributed by atoms with E-state index < -0.39 is 5.82 Å². The molecule has 0 spiro atoms. The van der Waals surface area contributed by atoms with Crippen molar-refractivity contribution in [2.24, 2.45) is 5.73 Å². The summed E-state index contributed by atoms with van der Waals surface area (Å²) in [4.78, 5) is 11.7. The van der Waals surface area contributed by atoms with Gasteiger partial charge in [0.15, 0.2) is 0 Å². The minimum Gasteiger partial charge on any atom is -0.329 e. The second-order valence-corrected chi connectivity index (χ2v) is 4.76. The summed E-state index contributed by atoms with van der Waals surface area (Å²) < 4.78 is 14.5. The van der Waals surface area contributed by atoms with Crippen molar-refractivity contribution in [2.45, 2.75) is 11.7 Å². The van der Waals surface area contributed by atoms with Crippen LogP contribution in [0.15, 0.2) is 29.4 Å². The molecule has 0 radical (unpaired) electrons. The number of amides is 1. The van der Waals surface area contributed by atoms with Gasteiger partial charge < -0.3 is 11.1 Å². The minimum atomic E-state index is -0.401. The van der Waals surface area contributed by atoms with Gasteiger partial charge in [-0.05, 0) is 28.6 Å². The van der Waals surface area contributed by atoms with Gasteiger partial charge in [-0.15, -0.1) is 5.10 Å². The molecule has 0 aliphatic rings. The molecule has 0 fully saturated rings. The number of halogens is 1. The number of tetrazole rings is 1. The second kappa shape index (κ2) is 6.96. The highest BCUT2D eigenvalue weighted by Crippen LogP contribution is 2.14. The zero-order chi connectivity index (χ0) is 14.4. The number of benzene rings is 1.